The molecule has 9 heteroatoms. The van der Waals surface area contributed by atoms with Crippen LogP contribution in [-0.4, -0.2) is 34.6 Å². The van der Waals surface area contributed by atoms with E-state index in [2.05, 4.69) is 20.2 Å². The largest absolute Gasteiger partial charge is 0.381 e. The molecule has 3 rings (SSSR count). The summed E-state index contributed by atoms with van der Waals surface area (Å²) in [7, 11) is 0. The van der Waals surface area contributed by atoms with Crippen molar-refractivity contribution in [1.29, 1.82) is 0 Å². The molecule has 0 aliphatic carbocycles. The summed E-state index contributed by atoms with van der Waals surface area (Å²) >= 11 is 0. The molecule has 3 aromatic rings. The molecule has 2 unspecified atom stereocenters. The first-order valence-corrected chi connectivity index (χ1v) is 6.85. The minimum Gasteiger partial charge on any atom is -0.381 e. The van der Waals surface area contributed by atoms with E-state index in [1.54, 1.807) is 6.92 Å². The highest BCUT2D eigenvalue weighted by Gasteiger charge is 2.40. The standard InChI is InChI=1S/C14H14F2N6O/c1-10(22-9-18-7-20-22)14(23,5-21-8-17-6-19-21)12-3-2-11(15)4-13(12)16/h2-4,6-10,23H,5H2,1H3. The zero-order valence-electron chi connectivity index (χ0n) is 12.2. The van der Waals surface area contributed by atoms with Gasteiger partial charge in [-0.3, -0.25) is 0 Å². The van der Waals surface area contributed by atoms with Gasteiger partial charge in [-0.1, -0.05) is 6.07 Å². The van der Waals surface area contributed by atoms with Crippen molar-refractivity contribution >= 4 is 0 Å². The van der Waals surface area contributed by atoms with E-state index in [4.69, 9.17) is 0 Å². The molecular weight excluding hydrogens is 306 g/mol. The van der Waals surface area contributed by atoms with E-state index < -0.39 is 23.3 Å². The van der Waals surface area contributed by atoms with Crippen LogP contribution in [-0.2, 0) is 12.1 Å². The van der Waals surface area contributed by atoms with Gasteiger partial charge in [-0.15, -0.1) is 0 Å². The molecule has 2 atom stereocenters. The lowest BCUT2D eigenvalue weighted by molar-refractivity contribution is -0.0370. The maximum absolute atomic E-state index is 14.3. The Hall–Kier alpha value is -2.68. The number of nitrogens with zero attached hydrogens (tertiary/aromatic N) is 6. The maximum atomic E-state index is 14.3. The number of hydrogen-bond donors (Lipinski definition) is 1. The Morgan fingerprint density at radius 3 is 2.52 bits per heavy atom. The molecule has 23 heavy (non-hydrogen) atoms. The van der Waals surface area contributed by atoms with Crippen LogP contribution in [0.4, 0.5) is 8.78 Å². The lowest BCUT2D eigenvalue weighted by Crippen LogP contribution is -2.40. The second-order valence-corrected chi connectivity index (χ2v) is 5.19. The molecule has 120 valence electrons. The van der Waals surface area contributed by atoms with Crippen molar-refractivity contribution in [1.82, 2.24) is 29.5 Å². The number of rotatable bonds is 5. The molecule has 2 heterocycles. The van der Waals surface area contributed by atoms with E-state index in [9.17, 15) is 13.9 Å². The van der Waals surface area contributed by atoms with Crippen LogP contribution < -0.4 is 0 Å². The summed E-state index contributed by atoms with van der Waals surface area (Å²) in [6, 6.07) is 2.36. The van der Waals surface area contributed by atoms with Crippen molar-refractivity contribution in [2.45, 2.75) is 25.1 Å². The van der Waals surface area contributed by atoms with Gasteiger partial charge in [-0.2, -0.15) is 10.2 Å². The minimum absolute atomic E-state index is 0.0580. The average molecular weight is 320 g/mol. The van der Waals surface area contributed by atoms with Crippen LogP contribution in [0.15, 0.2) is 43.5 Å². The monoisotopic (exact) mass is 320 g/mol. The molecule has 7 nitrogen and oxygen atoms in total. The zero-order valence-corrected chi connectivity index (χ0v) is 12.2. The van der Waals surface area contributed by atoms with E-state index in [-0.39, 0.29) is 12.1 Å². The zero-order chi connectivity index (χ0) is 16.4. The first-order valence-electron chi connectivity index (χ1n) is 6.85. The van der Waals surface area contributed by atoms with Gasteiger partial charge in [0.1, 0.15) is 42.5 Å². The molecule has 0 aliphatic heterocycles. The third-order valence-corrected chi connectivity index (χ3v) is 3.79. The molecule has 0 bridgehead atoms. The Morgan fingerprint density at radius 2 is 1.91 bits per heavy atom. The first-order chi connectivity index (χ1) is 11.0. The lowest BCUT2D eigenvalue weighted by Gasteiger charge is -2.34. The van der Waals surface area contributed by atoms with Gasteiger partial charge >= 0.3 is 0 Å². The number of halogens is 2. The van der Waals surface area contributed by atoms with E-state index in [0.717, 1.165) is 12.1 Å². The molecule has 1 N–H and O–H groups in total. The number of aliphatic hydroxyl groups is 1. The second-order valence-electron chi connectivity index (χ2n) is 5.19. The smallest absolute Gasteiger partial charge is 0.137 e. The minimum atomic E-state index is -1.74. The number of hydrogen-bond acceptors (Lipinski definition) is 5. The SMILES string of the molecule is CC(n1cncn1)C(O)(Cn1cncn1)c1ccc(F)cc1F. The Morgan fingerprint density at radius 1 is 1.17 bits per heavy atom. The fourth-order valence-corrected chi connectivity index (χ4v) is 2.48. The average Bonchev–Trinajstić information content (AvgIpc) is 3.19. The van der Waals surface area contributed by atoms with Gasteiger partial charge in [-0.25, -0.2) is 28.1 Å². The van der Waals surface area contributed by atoms with Crippen LogP contribution in [0.5, 0.6) is 0 Å². The second kappa shape index (κ2) is 5.84. The van der Waals surface area contributed by atoms with Crippen LogP contribution >= 0.6 is 0 Å². The first kappa shape index (κ1) is 15.2. The Kier molecular flexibility index (Phi) is 3.87. The van der Waals surface area contributed by atoms with E-state index in [1.807, 2.05) is 0 Å². The third-order valence-electron chi connectivity index (χ3n) is 3.79. The van der Waals surface area contributed by atoms with Crippen molar-refractivity contribution in [3.8, 4) is 0 Å². The van der Waals surface area contributed by atoms with Crippen LogP contribution in [0.3, 0.4) is 0 Å². The Labute approximate surface area is 130 Å². The fraction of sp³-hybridized carbons (Fsp3) is 0.286. The molecule has 0 saturated heterocycles. The Balaban J connectivity index is 2.08. The van der Waals surface area contributed by atoms with Gasteiger partial charge in [0.15, 0.2) is 0 Å². The summed E-state index contributed by atoms with van der Waals surface area (Å²) in [4.78, 5) is 7.65. The van der Waals surface area contributed by atoms with Gasteiger partial charge < -0.3 is 5.11 Å². The van der Waals surface area contributed by atoms with Gasteiger partial charge in [0.05, 0.1) is 12.6 Å². The summed E-state index contributed by atoms with van der Waals surface area (Å²) in [5, 5.41) is 19.2. The molecule has 0 fully saturated rings. The fourth-order valence-electron chi connectivity index (χ4n) is 2.48. The van der Waals surface area contributed by atoms with E-state index >= 15 is 0 Å². The molecular formula is C14H14F2N6O. The van der Waals surface area contributed by atoms with E-state index in [1.165, 1.54) is 40.7 Å². The third kappa shape index (κ3) is 2.82. The van der Waals surface area contributed by atoms with Crippen molar-refractivity contribution in [2.24, 2.45) is 0 Å². The van der Waals surface area contributed by atoms with Gasteiger partial charge in [0.2, 0.25) is 0 Å². The maximum Gasteiger partial charge on any atom is 0.137 e. The topological polar surface area (TPSA) is 81.6 Å². The molecule has 0 aliphatic rings. The van der Waals surface area contributed by atoms with Crippen molar-refractivity contribution in [3.05, 3.63) is 60.7 Å². The molecule has 2 aromatic heterocycles. The highest BCUT2D eigenvalue weighted by atomic mass is 19.1. The van der Waals surface area contributed by atoms with E-state index in [0.29, 0.717) is 0 Å². The number of aromatic nitrogens is 6. The van der Waals surface area contributed by atoms with Crippen LogP contribution in [0.1, 0.15) is 18.5 Å². The highest BCUT2D eigenvalue weighted by Crippen LogP contribution is 2.36. The van der Waals surface area contributed by atoms with Crippen molar-refractivity contribution < 1.29 is 13.9 Å². The van der Waals surface area contributed by atoms with Crippen LogP contribution in [0, 0.1) is 11.6 Å². The van der Waals surface area contributed by atoms with Gasteiger partial charge in [0, 0.05) is 11.6 Å². The van der Waals surface area contributed by atoms with Gasteiger partial charge in [0.25, 0.3) is 0 Å². The molecule has 0 amide bonds. The lowest BCUT2D eigenvalue weighted by atomic mass is 9.86. The summed E-state index contributed by atoms with van der Waals surface area (Å²) in [5.41, 5.74) is -1.79. The molecule has 1 aromatic carbocycles. The summed E-state index contributed by atoms with van der Waals surface area (Å²) in [6.07, 6.45) is 5.44. The van der Waals surface area contributed by atoms with Gasteiger partial charge in [-0.05, 0) is 13.0 Å². The van der Waals surface area contributed by atoms with Crippen molar-refractivity contribution in [2.75, 3.05) is 0 Å². The van der Waals surface area contributed by atoms with Crippen LogP contribution in [0.25, 0.3) is 0 Å². The normalized spacial score (nSPS) is 15.3. The quantitative estimate of drug-likeness (QED) is 0.766. The molecule has 0 saturated carbocycles. The van der Waals surface area contributed by atoms with Crippen LogP contribution in [0.2, 0.25) is 0 Å². The predicted octanol–water partition coefficient (Wildman–Crippen LogP) is 1.30. The highest BCUT2D eigenvalue weighted by molar-refractivity contribution is 5.26. The summed E-state index contributed by atoms with van der Waals surface area (Å²) < 4.78 is 30.3. The molecule has 0 radical (unpaired) electrons. The van der Waals surface area contributed by atoms with Crippen molar-refractivity contribution in [3.63, 3.8) is 0 Å². The summed E-state index contributed by atoms with van der Waals surface area (Å²) in [6.45, 7) is 1.57. The molecule has 0 spiro atoms. The Bertz CT molecular complexity index is 777. The number of benzene rings is 1. The predicted molar refractivity (Wildman–Crippen MR) is 75.0 cm³/mol. The summed E-state index contributed by atoms with van der Waals surface area (Å²) in [5.74, 6) is -1.57.